The van der Waals surface area contributed by atoms with Crippen LogP contribution < -0.4 is 0 Å². The number of hydrogen-bond donors (Lipinski definition) is 1. The number of thiophene rings is 1. The van der Waals surface area contributed by atoms with E-state index in [1.165, 1.54) is 11.3 Å². The fourth-order valence-electron chi connectivity index (χ4n) is 1.56. The molecule has 0 aliphatic carbocycles. The third kappa shape index (κ3) is 3.37. The molecule has 20 heavy (non-hydrogen) atoms. The molecule has 0 aliphatic heterocycles. The Morgan fingerprint density at radius 1 is 1.35 bits per heavy atom. The zero-order valence-electron chi connectivity index (χ0n) is 11.0. The summed E-state index contributed by atoms with van der Waals surface area (Å²) >= 11 is 7.05. The number of rotatable bonds is 4. The SMILES string of the molecule is CN(C)C=Nc1cc(-c2ccc(Cl)cc2)sc1C(=O)O. The van der Waals surface area contributed by atoms with E-state index in [1.807, 2.05) is 26.2 Å². The van der Waals surface area contributed by atoms with E-state index in [0.717, 1.165) is 10.4 Å². The highest BCUT2D eigenvalue weighted by Gasteiger charge is 2.15. The molecule has 2 aromatic rings. The Hall–Kier alpha value is -1.85. The van der Waals surface area contributed by atoms with Gasteiger partial charge in [0.05, 0.1) is 12.0 Å². The Balaban J connectivity index is 2.43. The lowest BCUT2D eigenvalue weighted by Crippen LogP contribution is -2.07. The third-order valence-electron chi connectivity index (χ3n) is 2.46. The number of carboxylic acid groups (broad SMARTS) is 1. The Bertz CT molecular complexity index is 648. The highest BCUT2D eigenvalue weighted by atomic mass is 35.5. The van der Waals surface area contributed by atoms with Gasteiger partial charge in [0.1, 0.15) is 4.88 Å². The molecule has 0 saturated carbocycles. The predicted octanol–water partition coefficient (Wildman–Crippen LogP) is 3.99. The molecule has 0 amide bonds. The molecule has 0 saturated heterocycles. The molecule has 0 unspecified atom stereocenters. The van der Waals surface area contributed by atoms with E-state index >= 15 is 0 Å². The molecule has 1 aromatic heterocycles. The van der Waals surface area contributed by atoms with Crippen LogP contribution in [-0.2, 0) is 0 Å². The summed E-state index contributed by atoms with van der Waals surface area (Å²) < 4.78 is 0. The normalized spacial score (nSPS) is 10.9. The summed E-state index contributed by atoms with van der Waals surface area (Å²) in [5.74, 6) is -0.971. The van der Waals surface area contributed by atoms with Crippen molar-refractivity contribution in [2.45, 2.75) is 0 Å². The van der Waals surface area contributed by atoms with Gasteiger partial charge >= 0.3 is 5.97 Å². The number of carboxylic acids is 1. The average molecular weight is 309 g/mol. The standard InChI is InChI=1S/C14H13ClN2O2S/c1-17(2)8-16-11-7-12(20-13(11)14(18)19)9-3-5-10(15)6-4-9/h3-8H,1-2H3,(H,18,19). The number of nitrogens with zero attached hydrogens (tertiary/aromatic N) is 2. The van der Waals surface area contributed by atoms with Crippen molar-refractivity contribution in [2.24, 2.45) is 4.99 Å². The molecule has 4 nitrogen and oxygen atoms in total. The lowest BCUT2D eigenvalue weighted by Gasteiger charge is -2.01. The zero-order chi connectivity index (χ0) is 14.7. The van der Waals surface area contributed by atoms with Gasteiger partial charge in [-0.25, -0.2) is 9.79 Å². The van der Waals surface area contributed by atoms with Crippen LogP contribution in [-0.4, -0.2) is 36.4 Å². The van der Waals surface area contributed by atoms with E-state index in [-0.39, 0.29) is 4.88 Å². The number of halogens is 1. The number of hydrogen-bond acceptors (Lipinski definition) is 3. The van der Waals surface area contributed by atoms with Gasteiger partial charge in [-0.15, -0.1) is 11.3 Å². The molecule has 104 valence electrons. The predicted molar refractivity (Wildman–Crippen MR) is 83.6 cm³/mol. The van der Waals surface area contributed by atoms with Gasteiger partial charge in [-0.05, 0) is 23.8 Å². The van der Waals surface area contributed by atoms with Crippen LogP contribution in [0, 0.1) is 0 Å². The first-order valence-electron chi connectivity index (χ1n) is 5.81. The van der Waals surface area contributed by atoms with Gasteiger partial charge in [0.2, 0.25) is 0 Å². The number of aliphatic imine (C=N–C) groups is 1. The van der Waals surface area contributed by atoms with Crippen LogP contribution in [0.5, 0.6) is 0 Å². The second kappa shape index (κ2) is 6.07. The lowest BCUT2D eigenvalue weighted by atomic mass is 10.2. The molecule has 1 N–H and O–H groups in total. The molecular formula is C14H13ClN2O2S. The fourth-order valence-corrected chi connectivity index (χ4v) is 2.64. The van der Waals surface area contributed by atoms with Crippen molar-refractivity contribution in [3.8, 4) is 10.4 Å². The molecule has 6 heteroatoms. The molecule has 0 atom stereocenters. The van der Waals surface area contributed by atoms with Crippen molar-refractivity contribution in [1.82, 2.24) is 4.90 Å². The van der Waals surface area contributed by atoms with Crippen molar-refractivity contribution < 1.29 is 9.90 Å². The summed E-state index contributed by atoms with van der Waals surface area (Å²) in [6, 6.07) is 9.05. The number of benzene rings is 1. The van der Waals surface area contributed by atoms with Crippen molar-refractivity contribution in [2.75, 3.05) is 14.1 Å². The summed E-state index contributed by atoms with van der Waals surface area (Å²) in [6.45, 7) is 0. The minimum absolute atomic E-state index is 0.230. The van der Waals surface area contributed by atoms with E-state index in [4.69, 9.17) is 11.6 Å². The van der Waals surface area contributed by atoms with Crippen molar-refractivity contribution >= 4 is 40.9 Å². The highest BCUT2D eigenvalue weighted by Crippen LogP contribution is 2.36. The second-order valence-electron chi connectivity index (χ2n) is 4.35. The van der Waals surface area contributed by atoms with Crippen LogP contribution in [0.3, 0.4) is 0 Å². The van der Waals surface area contributed by atoms with E-state index in [0.29, 0.717) is 10.7 Å². The molecule has 0 radical (unpaired) electrons. The molecular weight excluding hydrogens is 296 g/mol. The van der Waals surface area contributed by atoms with E-state index < -0.39 is 5.97 Å². The van der Waals surface area contributed by atoms with Crippen molar-refractivity contribution in [3.63, 3.8) is 0 Å². The smallest absolute Gasteiger partial charge is 0.348 e. The quantitative estimate of drug-likeness (QED) is 0.686. The Morgan fingerprint density at radius 3 is 2.55 bits per heavy atom. The minimum Gasteiger partial charge on any atom is -0.477 e. The van der Waals surface area contributed by atoms with E-state index in [2.05, 4.69) is 4.99 Å². The second-order valence-corrected chi connectivity index (χ2v) is 5.83. The van der Waals surface area contributed by atoms with Crippen molar-refractivity contribution in [3.05, 3.63) is 40.2 Å². The average Bonchev–Trinajstić information content (AvgIpc) is 2.81. The van der Waals surface area contributed by atoms with Crippen LogP contribution in [0.2, 0.25) is 5.02 Å². The summed E-state index contributed by atoms with van der Waals surface area (Å²) in [6.07, 6.45) is 1.58. The molecule has 0 fully saturated rings. The Morgan fingerprint density at radius 2 is 2.00 bits per heavy atom. The van der Waals surface area contributed by atoms with Crippen LogP contribution in [0.4, 0.5) is 5.69 Å². The van der Waals surface area contributed by atoms with Gasteiger partial charge in [0.15, 0.2) is 0 Å². The van der Waals surface area contributed by atoms with Gasteiger partial charge < -0.3 is 10.0 Å². The Labute approximate surface area is 126 Å². The van der Waals surface area contributed by atoms with Gasteiger partial charge in [0, 0.05) is 24.0 Å². The van der Waals surface area contributed by atoms with E-state index in [1.54, 1.807) is 29.4 Å². The molecule has 1 aromatic carbocycles. The summed E-state index contributed by atoms with van der Waals surface area (Å²) in [5.41, 5.74) is 1.38. The first kappa shape index (κ1) is 14.6. The maximum absolute atomic E-state index is 11.3. The molecule has 0 spiro atoms. The number of carbonyl (C=O) groups is 1. The van der Waals surface area contributed by atoms with Crippen LogP contribution in [0.15, 0.2) is 35.3 Å². The van der Waals surface area contributed by atoms with Gasteiger partial charge in [-0.3, -0.25) is 0 Å². The topological polar surface area (TPSA) is 52.9 Å². The molecule has 0 aliphatic rings. The maximum Gasteiger partial charge on any atom is 0.348 e. The summed E-state index contributed by atoms with van der Waals surface area (Å²) in [7, 11) is 3.66. The van der Waals surface area contributed by atoms with Gasteiger partial charge in [-0.1, -0.05) is 23.7 Å². The fraction of sp³-hybridized carbons (Fsp3) is 0.143. The highest BCUT2D eigenvalue weighted by molar-refractivity contribution is 7.17. The van der Waals surface area contributed by atoms with Crippen molar-refractivity contribution in [1.29, 1.82) is 0 Å². The molecule has 1 heterocycles. The summed E-state index contributed by atoms with van der Waals surface area (Å²) in [4.78, 5) is 18.3. The molecule has 0 bridgehead atoms. The van der Waals surface area contributed by atoms with Crippen LogP contribution in [0.25, 0.3) is 10.4 Å². The first-order valence-corrected chi connectivity index (χ1v) is 7.00. The van der Waals surface area contributed by atoms with Gasteiger partial charge in [0.25, 0.3) is 0 Å². The minimum atomic E-state index is -0.971. The maximum atomic E-state index is 11.3. The third-order valence-corrected chi connectivity index (χ3v) is 3.88. The number of aromatic carboxylic acids is 1. The first-order chi connectivity index (χ1) is 9.47. The largest absolute Gasteiger partial charge is 0.477 e. The van der Waals surface area contributed by atoms with Crippen LogP contribution >= 0.6 is 22.9 Å². The summed E-state index contributed by atoms with van der Waals surface area (Å²) in [5, 5.41) is 9.88. The van der Waals surface area contributed by atoms with Gasteiger partial charge in [-0.2, -0.15) is 0 Å². The van der Waals surface area contributed by atoms with Crippen LogP contribution in [0.1, 0.15) is 9.67 Å². The lowest BCUT2D eigenvalue weighted by molar-refractivity contribution is 0.0703. The zero-order valence-corrected chi connectivity index (χ0v) is 12.6. The Kier molecular flexibility index (Phi) is 4.42. The molecule has 2 rings (SSSR count). The van der Waals surface area contributed by atoms with E-state index in [9.17, 15) is 9.90 Å². The monoisotopic (exact) mass is 308 g/mol.